The Hall–Kier alpha value is -3.30. The van der Waals surface area contributed by atoms with Crippen LogP contribution in [0.4, 0.5) is 0 Å². The second kappa shape index (κ2) is 9.05. The maximum Gasteiger partial charge on any atom is 0.272 e. The van der Waals surface area contributed by atoms with E-state index in [4.69, 9.17) is 5.10 Å². The minimum Gasteiger partial charge on any atom is -0.344 e. The minimum absolute atomic E-state index is 0.147. The normalized spacial score (nSPS) is 13.8. The van der Waals surface area contributed by atoms with Gasteiger partial charge in [-0.25, -0.2) is 4.98 Å². The van der Waals surface area contributed by atoms with E-state index in [-0.39, 0.29) is 5.91 Å². The van der Waals surface area contributed by atoms with Gasteiger partial charge in [0.25, 0.3) is 5.91 Å². The van der Waals surface area contributed by atoms with Crippen LogP contribution in [0.25, 0.3) is 0 Å². The van der Waals surface area contributed by atoms with E-state index in [1.54, 1.807) is 6.20 Å². The maximum absolute atomic E-state index is 13.1. The van der Waals surface area contributed by atoms with Gasteiger partial charge in [0.1, 0.15) is 5.01 Å². The van der Waals surface area contributed by atoms with Gasteiger partial charge in [-0.2, -0.15) is 10.2 Å². The Morgan fingerprint density at radius 1 is 1.19 bits per heavy atom. The van der Waals surface area contributed by atoms with Crippen LogP contribution in [0.15, 0.2) is 54.3 Å². The molecule has 0 bridgehead atoms. The molecule has 1 aliphatic rings. The summed E-state index contributed by atoms with van der Waals surface area (Å²) in [5.41, 5.74) is 5.03. The molecule has 0 saturated carbocycles. The van der Waals surface area contributed by atoms with E-state index in [1.807, 2.05) is 52.4 Å². The van der Waals surface area contributed by atoms with E-state index >= 15 is 0 Å². The highest BCUT2D eigenvalue weighted by Crippen LogP contribution is 2.25. The number of aryl methyl sites for hydroxylation is 1. The fraction of sp³-hybridized carbons (Fsp3) is 0.304. The number of benzene rings is 1. The summed E-state index contributed by atoms with van der Waals surface area (Å²) in [6, 6.07) is 10.3. The van der Waals surface area contributed by atoms with E-state index in [1.165, 1.54) is 22.5 Å². The average Bonchev–Trinajstić information content (AvgIpc) is 3.54. The van der Waals surface area contributed by atoms with Crippen molar-refractivity contribution in [2.24, 2.45) is 7.05 Å². The van der Waals surface area contributed by atoms with Gasteiger partial charge in [0, 0.05) is 67.7 Å². The second-order valence-corrected chi connectivity index (χ2v) is 8.99. The van der Waals surface area contributed by atoms with Gasteiger partial charge in [-0.1, -0.05) is 30.3 Å². The summed E-state index contributed by atoms with van der Waals surface area (Å²) in [5.74, 6) is -0.147. The lowest BCUT2D eigenvalue weighted by atomic mass is 10.0. The largest absolute Gasteiger partial charge is 0.344 e. The number of carbonyl (C=O) groups excluding carboxylic acids is 1. The molecule has 0 spiro atoms. The highest BCUT2D eigenvalue weighted by atomic mass is 32.1. The molecule has 1 aliphatic heterocycles. The van der Waals surface area contributed by atoms with Crippen molar-refractivity contribution in [2.45, 2.75) is 32.6 Å². The third-order valence-corrected chi connectivity index (χ3v) is 6.43. The third-order valence-electron chi connectivity index (χ3n) is 5.65. The van der Waals surface area contributed by atoms with Gasteiger partial charge >= 0.3 is 0 Å². The molecule has 0 aliphatic carbocycles. The van der Waals surface area contributed by atoms with Gasteiger partial charge in [0.15, 0.2) is 5.69 Å². The topological polar surface area (TPSA) is 80.9 Å². The summed E-state index contributed by atoms with van der Waals surface area (Å²) in [6.07, 6.45) is 6.54. The Morgan fingerprint density at radius 3 is 2.81 bits per heavy atom. The lowest BCUT2D eigenvalue weighted by Crippen LogP contribution is -2.32. The van der Waals surface area contributed by atoms with E-state index in [0.717, 1.165) is 35.8 Å². The number of thiazole rings is 1. The number of carbonyl (C=O) groups is 1. The Kier molecular flexibility index (Phi) is 5.83. The molecule has 5 rings (SSSR count). The summed E-state index contributed by atoms with van der Waals surface area (Å²) in [6.45, 7) is 3.49. The molecule has 32 heavy (non-hydrogen) atoms. The van der Waals surface area contributed by atoms with Crippen LogP contribution >= 0.6 is 11.3 Å². The van der Waals surface area contributed by atoms with E-state index in [2.05, 4.69) is 32.4 Å². The van der Waals surface area contributed by atoms with E-state index in [9.17, 15) is 4.79 Å². The average molecular weight is 448 g/mol. The van der Waals surface area contributed by atoms with Crippen LogP contribution < -0.4 is 5.32 Å². The molecule has 9 heteroatoms. The first-order valence-electron chi connectivity index (χ1n) is 10.6. The van der Waals surface area contributed by atoms with Crippen molar-refractivity contribution in [3.63, 3.8) is 0 Å². The van der Waals surface area contributed by atoms with Crippen LogP contribution in [-0.2, 0) is 39.6 Å². The number of nitrogens with zero attached hydrogens (tertiary/aromatic N) is 6. The number of rotatable bonds is 7. The van der Waals surface area contributed by atoms with Crippen LogP contribution in [0, 0.1) is 0 Å². The van der Waals surface area contributed by atoms with Gasteiger partial charge in [-0.05, 0) is 5.56 Å². The fourth-order valence-corrected chi connectivity index (χ4v) is 4.70. The van der Waals surface area contributed by atoms with Crippen LogP contribution in [0.5, 0.6) is 0 Å². The number of aromatic nitrogens is 5. The van der Waals surface area contributed by atoms with Crippen LogP contribution in [0.1, 0.15) is 37.9 Å². The summed E-state index contributed by atoms with van der Waals surface area (Å²) in [5, 5.41) is 14.8. The molecule has 0 unspecified atom stereocenters. The number of nitrogens with one attached hydrogen (secondary N) is 1. The minimum atomic E-state index is -0.147. The van der Waals surface area contributed by atoms with Crippen LogP contribution in [0.3, 0.4) is 0 Å². The van der Waals surface area contributed by atoms with Gasteiger partial charge in [-0.3, -0.25) is 19.1 Å². The molecule has 4 aromatic rings. The summed E-state index contributed by atoms with van der Waals surface area (Å²) >= 11 is 1.53. The highest BCUT2D eigenvalue weighted by Gasteiger charge is 2.28. The highest BCUT2D eigenvalue weighted by molar-refractivity contribution is 7.09. The van der Waals surface area contributed by atoms with Crippen LogP contribution in [-0.4, -0.2) is 41.9 Å². The summed E-state index contributed by atoms with van der Waals surface area (Å²) < 4.78 is 3.82. The molecule has 4 heterocycles. The molecular weight excluding hydrogens is 422 g/mol. The van der Waals surface area contributed by atoms with E-state index in [0.29, 0.717) is 25.3 Å². The molecule has 0 radical (unpaired) electrons. The van der Waals surface area contributed by atoms with Crippen molar-refractivity contribution in [3.8, 4) is 0 Å². The third kappa shape index (κ3) is 4.49. The van der Waals surface area contributed by atoms with E-state index < -0.39 is 0 Å². The lowest BCUT2D eigenvalue weighted by Gasteiger charge is -2.27. The smallest absolute Gasteiger partial charge is 0.272 e. The zero-order valence-electron chi connectivity index (χ0n) is 17.9. The molecule has 3 aromatic heterocycles. The first kappa shape index (κ1) is 20.6. The zero-order valence-corrected chi connectivity index (χ0v) is 18.8. The molecular formula is C23H25N7OS. The van der Waals surface area contributed by atoms with Crippen molar-refractivity contribution in [3.05, 3.63) is 87.4 Å². The Bertz CT molecular complexity index is 1200. The van der Waals surface area contributed by atoms with Gasteiger partial charge in [0.05, 0.1) is 19.3 Å². The van der Waals surface area contributed by atoms with Crippen molar-refractivity contribution < 1.29 is 4.79 Å². The van der Waals surface area contributed by atoms with Crippen molar-refractivity contribution in [1.29, 1.82) is 0 Å². The van der Waals surface area contributed by atoms with Gasteiger partial charge < -0.3 is 5.32 Å². The maximum atomic E-state index is 13.1. The molecule has 0 saturated heterocycles. The Labute approximate surface area is 190 Å². The molecule has 1 aromatic carbocycles. The number of amides is 1. The van der Waals surface area contributed by atoms with Crippen molar-refractivity contribution >= 4 is 17.2 Å². The molecule has 1 N–H and O–H groups in total. The standard InChI is InChI=1S/C23H25N7OS/c1-28-13-18(11-26-28)14-29-9-7-20-19(16-29)22(23(31)25-12-21-24-8-10-32-21)27-30(20)15-17-5-3-2-4-6-17/h2-6,8,10-11,13H,7,9,12,14-16H2,1H3,(H,25,31). The zero-order chi connectivity index (χ0) is 21.9. The molecule has 0 fully saturated rings. The lowest BCUT2D eigenvalue weighted by molar-refractivity contribution is 0.0942. The Morgan fingerprint density at radius 2 is 2.06 bits per heavy atom. The van der Waals surface area contributed by atoms with Gasteiger partial charge in [-0.15, -0.1) is 11.3 Å². The predicted molar refractivity (Wildman–Crippen MR) is 122 cm³/mol. The monoisotopic (exact) mass is 447 g/mol. The quantitative estimate of drug-likeness (QED) is 0.471. The molecule has 0 atom stereocenters. The van der Waals surface area contributed by atoms with Crippen molar-refractivity contribution in [1.82, 2.24) is 34.8 Å². The SMILES string of the molecule is Cn1cc(CN2CCc3c(c(C(=O)NCc4nccs4)nn3Cc3ccccc3)C2)cn1. The molecule has 1 amide bonds. The molecule has 164 valence electrons. The number of hydrogen-bond donors (Lipinski definition) is 1. The fourth-order valence-electron chi connectivity index (χ4n) is 4.14. The van der Waals surface area contributed by atoms with Crippen molar-refractivity contribution in [2.75, 3.05) is 6.54 Å². The summed E-state index contributed by atoms with van der Waals surface area (Å²) in [4.78, 5) is 19.7. The first-order chi connectivity index (χ1) is 15.7. The second-order valence-electron chi connectivity index (χ2n) is 8.01. The number of hydrogen-bond acceptors (Lipinski definition) is 6. The predicted octanol–water partition coefficient (Wildman–Crippen LogP) is 2.61. The van der Waals surface area contributed by atoms with Gasteiger partial charge in [0.2, 0.25) is 0 Å². The van der Waals surface area contributed by atoms with Crippen LogP contribution in [0.2, 0.25) is 0 Å². The number of fused-ring (bicyclic) bond motifs is 1. The summed E-state index contributed by atoms with van der Waals surface area (Å²) in [7, 11) is 1.93. The first-order valence-corrected chi connectivity index (χ1v) is 11.5. The Balaban J connectivity index is 1.40. The molecule has 8 nitrogen and oxygen atoms in total.